The van der Waals surface area contributed by atoms with Gasteiger partial charge in [-0.05, 0) is 53.3 Å². The highest BCUT2D eigenvalue weighted by molar-refractivity contribution is 4.59. The van der Waals surface area contributed by atoms with Crippen molar-refractivity contribution in [2.75, 3.05) is 0 Å². The van der Waals surface area contributed by atoms with Crippen LogP contribution in [-0.4, -0.2) is 0 Å². The second kappa shape index (κ2) is 37.5. The van der Waals surface area contributed by atoms with E-state index in [1.165, 1.54) is 116 Å². The van der Waals surface area contributed by atoms with Crippen LogP contribution in [0.25, 0.3) is 0 Å². The van der Waals surface area contributed by atoms with Crippen molar-refractivity contribution in [1.82, 2.24) is 0 Å². The van der Waals surface area contributed by atoms with Crippen molar-refractivity contribution in [1.29, 1.82) is 0 Å². The number of hydrogen-bond donors (Lipinski definition) is 0. The van der Waals surface area contributed by atoms with E-state index in [0.717, 1.165) is 53.3 Å². The summed E-state index contributed by atoms with van der Waals surface area (Å²) in [5.74, 6) is 8.28. The monoisotopic (exact) mass is 625 g/mol. The molecule has 0 saturated carbocycles. The minimum atomic E-state index is 0.863. The highest BCUT2D eigenvalue weighted by Gasteiger charge is 2.07. The third-order valence-electron chi connectivity index (χ3n) is 10.2. The lowest BCUT2D eigenvalue weighted by atomic mass is 9.91. The van der Waals surface area contributed by atoms with Gasteiger partial charge in [-0.3, -0.25) is 0 Å². The van der Waals surface area contributed by atoms with E-state index in [0.29, 0.717) is 0 Å². The quantitative estimate of drug-likeness (QED) is 0.106. The molecule has 0 N–H and O–H groups in total. The molecule has 0 saturated heterocycles. The van der Waals surface area contributed by atoms with Crippen molar-refractivity contribution < 1.29 is 0 Å². The van der Waals surface area contributed by atoms with Crippen LogP contribution in [0.3, 0.4) is 0 Å². The molecule has 0 nitrogen and oxygen atoms in total. The lowest BCUT2D eigenvalue weighted by Gasteiger charge is -2.15. The molecule has 0 spiro atoms. The van der Waals surface area contributed by atoms with Gasteiger partial charge in [0.05, 0.1) is 0 Å². The van der Waals surface area contributed by atoms with E-state index in [9.17, 15) is 0 Å². The molecule has 44 heavy (non-hydrogen) atoms. The fourth-order valence-electron chi connectivity index (χ4n) is 5.43. The van der Waals surface area contributed by atoms with Crippen LogP contribution in [0.4, 0.5) is 0 Å². The molecular formula is C44H96. The van der Waals surface area contributed by atoms with Crippen LogP contribution in [0.5, 0.6) is 0 Å². The third kappa shape index (κ3) is 46.4. The molecule has 0 aromatic heterocycles. The van der Waals surface area contributed by atoms with Crippen molar-refractivity contribution >= 4 is 0 Å². The standard InChI is InChI=1S/4C11H24/c1-9(2)7-6-8-11(5)10(3)4;1-5-7-11(4)9-6-8-10(2)3;1-5-10(3)8-7-9-11(4)6-2;1-5-11(6-2)9-7-8-10(3)4/h9-11H,6-8H2,1-5H3;3*10-11H,5-9H2,1-4H3. The Bertz CT molecular complexity index is 460. The molecule has 4 unspecified atom stereocenters. The van der Waals surface area contributed by atoms with Gasteiger partial charge in [-0.25, -0.2) is 0 Å². The minimum Gasteiger partial charge on any atom is -0.0654 e. The maximum atomic E-state index is 2.38. The molecule has 0 amide bonds. The molecule has 4 atom stereocenters. The molecule has 272 valence electrons. The molecule has 0 radical (unpaired) electrons. The van der Waals surface area contributed by atoms with Gasteiger partial charge in [-0.15, -0.1) is 0 Å². The fourth-order valence-corrected chi connectivity index (χ4v) is 5.43. The summed E-state index contributed by atoms with van der Waals surface area (Å²) in [6, 6.07) is 0. The van der Waals surface area contributed by atoms with E-state index in [2.05, 4.69) is 118 Å². The summed E-state index contributed by atoms with van der Waals surface area (Å²) in [7, 11) is 0. The van der Waals surface area contributed by atoms with Crippen LogP contribution in [0.1, 0.15) is 233 Å². The topological polar surface area (TPSA) is 0 Å². The highest BCUT2D eigenvalue weighted by atomic mass is 14.1. The summed E-state index contributed by atoms with van der Waals surface area (Å²) in [5.41, 5.74) is 0. The van der Waals surface area contributed by atoms with E-state index in [4.69, 9.17) is 0 Å². The summed E-state index contributed by atoms with van der Waals surface area (Å²) in [5, 5.41) is 0. The molecule has 0 aromatic carbocycles. The molecule has 0 aliphatic heterocycles. The molecule has 0 aromatic rings. The maximum Gasteiger partial charge on any atom is -0.0420 e. The summed E-state index contributed by atoms with van der Waals surface area (Å²) in [4.78, 5) is 0. The Balaban J connectivity index is -0.000000242. The van der Waals surface area contributed by atoms with Crippen LogP contribution in [0, 0.1) is 53.3 Å². The van der Waals surface area contributed by atoms with Gasteiger partial charge in [-0.2, -0.15) is 0 Å². The predicted octanol–water partition coefficient (Wildman–Crippen LogP) is 16.9. The SMILES string of the molecule is CC(C)CCCC(C)C(C)C.CCC(C)CCCC(C)CC.CCC(CC)CCCC(C)C.CCCC(C)CCCC(C)C. The summed E-state index contributed by atoms with van der Waals surface area (Å²) < 4.78 is 0. The first-order valence-electron chi connectivity index (χ1n) is 20.6. The smallest absolute Gasteiger partial charge is 0.0420 e. The van der Waals surface area contributed by atoms with Gasteiger partial charge in [0.2, 0.25) is 0 Å². The van der Waals surface area contributed by atoms with Gasteiger partial charge in [0, 0.05) is 0 Å². The summed E-state index contributed by atoms with van der Waals surface area (Å²) in [6.07, 6.45) is 25.3. The molecule has 0 aliphatic carbocycles. The first-order valence-corrected chi connectivity index (χ1v) is 20.6. The Morgan fingerprint density at radius 1 is 0.318 bits per heavy atom. The van der Waals surface area contributed by atoms with E-state index in [-0.39, 0.29) is 0 Å². The molecule has 0 rings (SSSR count). The third-order valence-corrected chi connectivity index (χ3v) is 10.2. The van der Waals surface area contributed by atoms with Gasteiger partial charge in [-0.1, -0.05) is 233 Å². The molecule has 0 heterocycles. The predicted molar refractivity (Wildman–Crippen MR) is 211 cm³/mol. The minimum absolute atomic E-state index is 0.863. The van der Waals surface area contributed by atoms with Gasteiger partial charge in [0.15, 0.2) is 0 Å². The van der Waals surface area contributed by atoms with Gasteiger partial charge < -0.3 is 0 Å². The van der Waals surface area contributed by atoms with Crippen molar-refractivity contribution in [3.05, 3.63) is 0 Å². The van der Waals surface area contributed by atoms with Gasteiger partial charge in [0.25, 0.3) is 0 Å². The zero-order chi connectivity index (χ0) is 34.9. The van der Waals surface area contributed by atoms with Crippen molar-refractivity contribution in [3.8, 4) is 0 Å². The second-order valence-electron chi connectivity index (χ2n) is 16.7. The van der Waals surface area contributed by atoms with E-state index in [1.54, 1.807) is 0 Å². The fraction of sp³-hybridized carbons (Fsp3) is 1.00. The van der Waals surface area contributed by atoms with Crippen molar-refractivity contribution in [2.24, 2.45) is 53.3 Å². The molecule has 0 bridgehead atoms. The van der Waals surface area contributed by atoms with Crippen LogP contribution in [-0.2, 0) is 0 Å². The highest BCUT2D eigenvalue weighted by Crippen LogP contribution is 2.20. The van der Waals surface area contributed by atoms with Crippen LogP contribution < -0.4 is 0 Å². The molecule has 0 aliphatic rings. The molecular weight excluding hydrogens is 528 g/mol. The average Bonchev–Trinajstić information content (AvgIpc) is 2.95. The van der Waals surface area contributed by atoms with Crippen molar-refractivity contribution in [2.45, 2.75) is 233 Å². The Morgan fingerprint density at radius 3 is 0.977 bits per heavy atom. The van der Waals surface area contributed by atoms with Crippen LogP contribution in [0.2, 0.25) is 0 Å². The second-order valence-corrected chi connectivity index (χ2v) is 16.7. The van der Waals surface area contributed by atoms with Crippen molar-refractivity contribution in [3.63, 3.8) is 0 Å². The first kappa shape index (κ1) is 50.8. The number of rotatable bonds is 23. The maximum absolute atomic E-state index is 2.38. The Hall–Kier alpha value is 0. The largest absolute Gasteiger partial charge is 0.0654 e. The van der Waals surface area contributed by atoms with Gasteiger partial charge >= 0.3 is 0 Å². The van der Waals surface area contributed by atoms with E-state index < -0.39 is 0 Å². The first-order chi connectivity index (χ1) is 20.6. The average molecular weight is 625 g/mol. The Labute approximate surface area is 285 Å². The summed E-state index contributed by atoms with van der Waals surface area (Å²) >= 11 is 0. The van der Waals surface area contributed by atoms with E-state index >= 15 is 0 Å². The van der Waals surface area contributed by atoms with Crippen LogP contribution >= 0.6 is 0 Å². The van der Waals surface area contributed by atoms with Gasteiger partial charge in [0.1, 0.15) is 0 Å². The zero-order valence-corrected chi connectivity index (χ0v) is 34.9. The molecule has 0 fully saturated rings. The lowest BCUT2D eigenvalue weighted by molar-refractivity contribution is 0.366. The van der Waals surface area contributed by atoms with Crippen LogP contribution in [0.15, 0.2) is 0 Å². The number of hydrogen-bond acceptors (Lipinski definition) is 0. The zero-order valence-electron chi connectivity index (χ0n) is 34.9. The molecule has 0 heteroatoms. The summed E-state index contributed by atoms with van der Waals surface area (Å²) in [6.45, 7) is 39.4. The Morgan fingerprint density at radius 2 is 0.659 bits per heavy atom. The van der Waals surface area contributed by atoms with E-state index in [1.807, 2.05) is 0 Å². The lowest BCUT2D eigenvalue weighted by Crippen LogP contribution is -2.03. The Kier molecular flexibility index (Phi) is 43.3. The normalized spacial score (nSPS) is 14.0.